The van der Waals surface area contributed by atoms with E-state index in [4.69, 9.17) is 9.47 Å². The molecular formula is C22H21F2N3O5. The quantitative estimate of drug-likeness (QED) is 0.509. The number of esters is 1. The maximum absolute atomic E-state index is 12.5. The number of aryl methyl sites for hydroxylation is 1. The summed E-state index contributed by atoms with van der Waals surface area (Å²) in [6, 6.07) is 12.3. The average molecular weight is 445 g/mol. The Hall–Kier alpha value is -3.95. The van der Waals surface area contributed by atoms with E-state index < -0.39 is 31.1 Å². The summed E-state index contributed by atoms with van der Waals surface area (Å²) >= 11 is 0. The molecule has 3 aromatic rings. The Morgan fingerprint density at radius 1 is 1.12 bits per heavy atom. The molecule has 0 saturated carbocycles. The number of hydrogen-bond donors (Lipinski definition) is 1. The van der Waals surface area contributed by atoms with Crippen molar-refractivity contribution in [2.75, 3.05) is 13.7 Å². The molecule has 0 bridgehead atoms. The molecule has 10 heteroatoms. The first-order valence-electron chi connectivity index (χ1n) is 9.50. The number of benzene rings is 2. The van der Waals surface area contributed by atoms with Gasteiger partial charge in [0.1, 0.15) is 11.9 Å². The summed E-state index contributed by atoms with van der Waals surface area (Å²) in [5.41, 5.74) is 0.820. The Labute approximate surface area is 182 Å². The largest absolute Gasteiger partial charge is 0.493 e. The minimum atomic E-state index is -3.04. The fourth-order valence-electron chi connectivity index (χ4n) is 3.00. The number of amides is 1. The number of carbonyl (C=O) groups is 2. The van der Waals surface area contributed by atoms with E-state index in [-0.39, 0.29) is 17.1 Å². The van der Waals surface area contributed by atoms with E-state index in [2.05, 4.69) is 15.0 Å². The van der Waals surface area contributed by atoms with Crippen molar-refractivity contribution in [3.63, 3.8) is 0 Å². The lowest BCUT2D eigenvalue weighted by Gasteiger charge is -2.19. The van der Waals surface area contributed by atoms with Crippen LogP contribution in [0, 0.1) is 0 Å². The molecule has 1 heterocycles. The predicted molar refractivity (Wildman–Crippen MR) is 110 cm³/mol. The Morgan fingerprint density at radius 3 is 2.50 bits per heavy atom. The molecule has 0 radical (unpaired) electrons. The number of ether oxygens (including phenoxy) is 3. The van der Waals surface area contributed by atoms with E-state index in [0.717, 1.165) is 11.6 Å². The lowest BCUT2D eigenvalue weighted by molar-refractivity contribution is -0.124. The summed E-state index contributed by atoms with van der Waals surface area (Å²) in [5, 5.41) is 2.81. The molecule has 0 aliphatic heterocycles. The lowest BCUT2D eigenvalue weighted by atomic mass is 10.1. The number of aromatic nitrogens is 2. The van der Waals surface area contributed by atoms with Gasteiger partial charge in [0.25, 0.3) is 5.91 Å². The minimum Gasteiger partial charge on any atom is -0.493 e. The molecule has 0 spiro atoms. The Balaban J connectivity index is 1.66. The first kappa shape index (κ1) is 22.7. The van der Waals surface area contributed by atoms with Gasteiger partial charge in [0.15, 0.2) is 18.1 Å². The second kappa shape index (κ2) is 10.4. The summed E-state index contributed by atoms with van der Waals surface area (Å²) in [7, 11) is 3.05. The van der Waals surface area contributed by atoms with E-state index in [0.29, 0.717) is 5.82 Å². The molecule has 3 rings (SSSR count). The monoisotopic (exact) mass is 445 g/mol. The van der Waals surface area contributed by atoms with Crippen LogP contribution in [0.5, 0.6) is 11.5 Å². The van der Waals surface area contributed by atoms with Crippen LogP contribution in [0.2, 0.25) is 0 Å². The highest BCUT2D eigenvalue weighted by molar-refractivity contribution is 5.92. The van der Waals surface area contributed by atoms with E-state index in [1.807, 2.05) is 30.3 Å². The molecule has 0 aliphatic carbocycles. The summed E-state index contributed by atoms with van der Waals surface area (Å²) in [6.45, 7) is -3.59. The zero-order chi connectivity index (χ0) is 23.1. The van der Waals surface area contributed by atoms with Gasteiger partial charge in [-0.3, -0.25) is 4.79 Å². The smallest absolute Gasteiger partial charge is 0.387 e. The highest BCUT2D eigenvalue weighted by Crippen LogP contribution is 2.29. The van der Waals surface area contributed by atoms with Gasteiger partial charge in [-0.05, 0) is 23.8 Å². The molecule has 0 aliphatic rings. The highest BCUT2D eigenvalue weighted by atomic mass is 19.3. The van der Waals surface area contributed by atoms with Crippen LogP contribution >= 0.6 is 0 Å². The molecule has 32 heavy (non-hydrogen) atoms. The van der Waals surface area contributed by atoms with Crippen LogP contribution in [0.15, 0.2) is 60.9 Å². The topological polar surface area (TPSA) is 91.7 Å². The number of methoxy groups -OCH3 is 1. The van der Waals surface area contributed by atoms with Gasteiger partial charge < -0.3 is 24.1 Å². The summed E-state index contributed by atoms with van der Waals surface area (Å²) in [6.07, 6.45) is 3.37. The summed E-state index contributed by atoms with van der Waals surface area (Å²) in [5.74, 6) is -1.05. The van der Waals surface area contributed by atoms with Crippen molar-refractivity contribution in [3.05, 3.63) is 77.9 Å². The van der Waals surface area contributed by atoms with Crippen molar-refractivity contribution in [2.45, 2.75) is 12.7 Å². The zero-order valence-electron chi connectivity index (χ0n) is 17.3. The van der Waals surface area contributed by atoms with Crippen molar-refractivity contribution in [1.29, 1.82) is 0 Å². The van der Waals surface area contributed by atoms with Gasteiger partial charge in [-0.25, -0.2) is 9.78 Å². The summed E-state index contributed by atoms with van der Waals surface area (Å²) < 4.78 is 41.0. The third-order valence-corrected chi connectivity index (χ3v) is 4.50. The van der Waals surface area contributed by atoms with Crippen LogP contribution < -0.4 is 14.8 Å². The van der Waals surface area contributed by atoms with Gasteiger partial charge in [0.05, 0.1) is 12.7 Å². The van der Waals surface area contributed by atoms with E-state index in [1.165, 1.54) is 19.2 Å². The number of hydrogen-bond acceptors (Lipinski definition) is 6. The third-order valence-electron chi connectivity index (χ3n) is 4.50. The highest BCUT2D eigenvalue weighted by Gasteiger charge is 2.22. The van der Waals surface area contributed by atoms with Gasteiger partial charge in [0, 0.05) is 19.4 Å². The Morgan fingerprint density at radius 2 is 1.88 bits per heavy atom. The number of nitrogens with one attached hydrogen (secondary N) is 1. The molecule has 8 nitrogen and oxygen atoms in total. The number of imidazole rings is 1. The Kier molecular flexibility index (Phi) is 7.37. The molecule has 1 N–H and O–H groups in total. The van der Waals surface area contributed by atoms with Gasteiger partial charge in [0.2, 0.25) is 0 Å². The maximum Gasteiger partial charge on any atom is 0.387 e. The van der Waals surface area contributed by atoms with E-state index in [9.17, 15) is 18.4 Å². The van der Waals surface area contributed by atoms with Crippen LogP contribution in [0.3, 0.4) is 0 Å². The van der Waals surface area contributed by atoms with Crippen molar-refractivity contribution in [2.24, 2.45) is 7.05 Å². The molecule has 168 valence electrons. The fourth-order valence-corrected chi connectivity index (χ4v) is 3.00. The number of alkyl halides is 2. The molecule has 0 unspecified atom stereocenters. The number of nitrogens with zero attached hydrogens (tertiary/aromatic N) is 2. The molecule has 0 fully saturated rings. The minimum absolute atomic E-state index is 0.0139. The van der Waals surface area contributed by atoms with Crippen molar-refractivity contribution >= 4 is 11.9 Å². The predicted octanol–water partition coefficient (Wildman–Crippen LogP) is 3.09. The van der Waals surface area contributed by atoms with E-state index in [1.54, 1.807) is 24.0 Å². The van der Waals surface area contributed by atoms with Crippen LogP contribution in [0.25, 0.3) is 0 Å². The number of rotatable bonds is 9. The van der Waals surface area contributed by atoms with E-state index >= 15 is 0 Å². The average Bonchev–Trinajstić information content (AvgIpc) is 3.21. The molecule has 0 saturated heterocycles. The summed E-state index contributed by atoms with van der Waals surface area (Å²) in [4.78, 5) is 29.1. The molecule has 1 atom stereocenters. The first-order valence-corrected chi connectivity index (χ1v) is 9.50. The normalized spacial score (nSPS) is 11.7. The first-order chi connectivity index (χ1) is 15.4. The standard InChI is InChI=1S/C22H21F2N3O5/c1-27-11-10-25-20(27)19(14-6-4-3-5-7-14)26-18(28)13-31-21(29)15-8-9-16(32-22(23)24)17(12-15)30-2/h3-12,19,22H,13H2,1-2H3,(H,26,28)/t19-/m0/s1. The van der Waals surface area contributed by atoms with Crippen molar-refractivity contribution in [1.82, 2.24) is 14.9 Å². The maximum atomic E-state index is 12.5. The Bertz CT molecular complexity index is 1070. The van der Waals surface area contributed by atoms with Crippen LogP contribution in [-0.2, 0) is 16.6 Å². The van der Waals surface area contributed by atoms with Gasteiger partial charge in [-0.15, -0.1) is 0 Å². The number of carbonyl (C=O) groups excluding carboxylic acids is 2. The van der Waals surface area contributed by atoms with Crippen LogP contribution in [-0.4, -0.2) is 41.8 Å². The van der Waals surface area contributed by atoms with Crippen LogP contribution in [0.4, 0.5) is 8.78 Å². The molecule has 2 aromatic carbocycles. The van der Waals surface area contributed by atoms with Gasteiger partial charge >= 0.3 is 12.6 Å². The molecular weight excluding hydrogens is 424 g/mol. The second-order valence-electron chi connectivity index (χ2n) is 6.63. The fraction of sp³-hybridized carbons (Fsp3) is 0.227. The third kappa shape index (κ3) is 5.60. The zero-order valence-corrected chi connectivity index (χ0v) is 17.3. The lowest BCUT2D eigenvalue weighted by Crippen LogP contribution is -2.34. The molecule has 1 aromatic heterocycles. The van der Waals surface area contributed by atoms with Crippen LogP contribution in [0.1, 0.15) is 27.8 Å². The van der Waals surface area contributed by atoms with Gasteiger partial charge in [-0.2, -0.15) is 8.78 Å². The van der Waals surface area contributed by atoms with Crippen molar-refractivity contribution < 1.29 is 32.6 Å². The SMILES string of the molecule is COc1cc(C(=O)OCC(=O)N[C@@H](c2ccccc2)c2nccn2C)ccc1OC(F)F. The van der Waals surface area contributed by atoms with Crippen molar-refractivity contribution in [3.8, 4) is 11.5 Å². The number of halogens is 2. The second-order valence-corrected chi connectivity index (χ2v) is 6.63. The van der Waals surface area contributed by atoms with Gasteiger partial charge in [-0.1, -0.05) is 30.3 Å². The molecule has 1 amide bonds.